The van der Waals surface area contributed by atoms with Gasteiger partial charge in [-0.05, 0) is 153 Å². The monoisotopic (exact) mass is 1570 g/mol. The van der Waals surface area contributed by atoms with Crippen LogP contribution in [0.25, 0.3) is 89.7 Å². The van der Waals surface area contributed by atoms with E-state index in [2.05, 4.69) is 107 Å². The van der Waals surface area contributed by atoms with Crippen LogP contribution in [0.5, 0.6) is 0 Å². The highest BCUT2D eigenvalue weighted by molar-refractivity contribution is 7.80. The number of hydrogen-bond acceptors (Lipinski definition) is 7. The number of nitrogens with zero attached hydrogens (tertiary/aromatic N) is 6. The van der Waals surface area contributed by atoms with Crippen molar-refractivity contribution in [3.05, 3.63) is 93.0 Å². The maximum absolute atomic E-state index is 6.20. The van der Waals surface area contributed by atoms with E-state index in [0.717, 1.165) is 160 Å². The van der Waals surface area contributed by atoms with Gasteiger partial charge in [0.1, 0.15) is 22.6 Å². The van der Waals surface area contributed by atoms with E-state index in [1.807, 2.05) is 0 Å². The summed E-state index contributed by atoms with van der Waals surface area (Å²) in [7, 11) is 0. The number of H-pyrrole nitrogens is 2. The zero-order chi connectivity index (χ0) is 79.8. The smallest absolute Gasteiger partial charge is 0.165 e. The fourth-order valence-corrected chi connectivity index (χ4v) is 19.1. The number of rotatable bonds is 66. The van der Waals surface area contributed by atoms with Gasteiger partial charge in [-0.15, -0.1) is 0 Å². The third kappa shape index (κ3) is 29.5. The summed E-state index contributed by atoms with van der Waals surface area (Å²) in [5, 5.41) is 4.92. The first-order valence-corrected chi connectivity index (χ1v) is 50.1. The Labute approximate surface area is 702 Å². The first-order valence-electron chi connectivity index (χ1n) is 49.4. The fraction of sp³-hybridized carbons (Fsp3) is 0.695. The van der Waals surface area contributed by atoms with Crippen molar-refractivity contribution in [2.45, 2.75) is 466 Å². The Hall–Kier alpha value is -5.41. The van der Waals surface area contributed by atoms with Crippen LogP contribution in [0.4, 0.5) is 0 Å². The molecule has 2 aliphatic rings. The van der Waals surface area contributed by atoms with Gasteiger partial charge in [0.2, 0.25) is 0 Å². The van der Waals surface area contributed by atoms with Crippen LogP contribution in [0.3, 0.4) is 0 Å². The summed E-state index contributed by atoms with van der Waals surface area (Å²) in [4.78, 5) is 45.1. The Balaban J connectivity index is 1.36. The molecule has 2 aliphatic heterocycles. The van der Waals surface area contributed by atoms with Crippen molar-refractivity contribution < 1.29 is 0 Å². The normalized spacial score (nSPS) is 12.1. The molecule has 4 aromatic carbocycles. The molecule has 0 aliphatic carbocycles. The average Bonchev–Trinajstić information content (AvgIpc) is 1.58. The van der Waals surface area contributed by atoms with Gasteiger partial charge >= 0.3 is 0 Å². The number of fused-ring (bicyclic) bond motifs is 20. The molecule has 630 valence electrons. The highest BCUT2D eigenvalue weighted by atomic mass is 32.1. The molecular formula is C105H164N8S. The van der Waals surface area contributed by atoms with Crippen LogP contribution in [0, 0.1) is 0 Å². The molecule has 0 saturated carbocycles. The molecule has 2 N–H and O–H groups in total. The predicted octanol–water partition coefficient (Wildman–Crippen LogP) is 33.5. The molecule has 0 unspecified atom stereocenters. The molecule has 8 bridgehead atoms. The van der Waals surface area contributed by atoms with Crippen LogP contribution in [-0.4, -0.2) is 45.6 Å². The van der Waals surface area contributed by atoms with Gasteiger partial charge in [-0.3, -0.25) is 0 Å². The first-order chi connectivity index (χ1) is 56.4. The summed E-state index contributed by atoms with van der Waals surface area (Å²) >= 11 is 4.92. The molecule has 3 aromatic heterocycles. The summed E-state index contributed by atoms with van der Waals surface area (Å²) in [5.74, 6) is 3.98. The lowest BCUT2D eigenvalue weighted by molar-refractivity contribution is 0.575. The van der Waals surface area contributed by atoms with Crippen molar-refractivity contribution in [3.63, 3.8) is 0 Å². The maximum atomic E-state index is 6.20. The molecule has 0 spiro atoms. The third-order valence-electron chi connectivity index (χ3n) is 25.8. The molecule has 0 saturated heterocycles. The largest absolute Gasteiger partial charge is 0.324 e. The van der Waals surface area contributed by atoms with E-state index in [0.29, 0.717) is 0 Å². The topological polar surface area (TPSA) is 109 Å². The van der Waals surface area contributed by atoms with Crippen molar-refractivity contribution in [2.75, 3.05) is 5.75 Å². The number of aromatic amines is 2. The van der Waals surface area contributed by atoms with Crippen LogP contribution in [-0.2, 0) is 51.4 Å². The van der Waals surface area contributed by atoms with Crippen molar-refractivity contribution >= 4 is 56.8 Å². The van der Waals surface area contributed by atoms with E-state index < -0.39 is 0 Å². The molecule has 0 radical (unpaired) electrons. The molecule has 8 nitrogen and oxygen atoms in total. The third-order valence-corrected chi connectivity index (χ3v) is 26.1. The van der Waals surface area contributed by atoms with E-state index in [1.54, 1.807) is 0 Å². The summed E-state index contributed by atoms with van der Waals surface area (Å²) < 4.78 is 0. The maximum Gasteiger partial charge on any atom is 0.165 e. The summed E-state index contributed by atoms with van der Waals surface area (Å²) in [6.07, 6.45) is 80.8. The SMILES string of the molecule is CCCCCCCCCCc1ccc(CCCS)c2c1-c1nc-2nc2[nH]c(nc3nc(nc4[nH]c(n1)c1c(CCCCCCCCCC)ccc(CCCCCCCCCC)c41)-c1c(CCCCCCCCCC)ccc(CCCCCCCCCC)c1-3)c1c(CCCCCCCCCC)ccc(CCCCCCCCCC)c21. The Morgan fingerprint density at radius 3 is 0.509 bits per heavy atom. The lowest BCUT2D eigenvalue weighted by Crippen LogP contribution is -1.98. The molecule has 9 heteroatoms. The van der Waals surface area contributed by atoms with E-state index in [1.165, 1.54) is 397 Å². The van der Waals surface area contributed by atoms with Gasteiger partial charge in [0.15, 0.2) is 23.3 Å². The second-order valence-electron chi connectivity index (χ2n) is 35.5. The first kappa shape index (κ1) is 92.5. The molecule has 0 fully saturated rings. The van der Waals surface area contributed by atoms with E-state index in [4.69, 9.17) is 42.5 Å². The zero-order valence-corrected chi connectivity index (χ0v) is 75.3. The minimum absolute atomic E-state index is 0.775. The zero-order valence-electron chi connectivity index (χ0n) is 74.4. The number of hydrogen-bond donors (Lipinski definition) is 3. The Morgan fingerprint density at radius 1 is 0.184 bits per heavy atom. The molecular weight excluding hydrogens is 1410 g/mol. The van der Waals surface area contributed by atoms with E-state index in [9.17, 15) is 0 Å². The average molecular weight is 1570 g/mol. The lowest BCUT2D eigenvalue weighted by atomic mass is 9.91. The van der Waals surface area contributed by atoms with Gasteiger partial charge in [0.25, 0.3) is 0 Å². The number of aryl methyl sites for hydroxylation is 8. The minimum Gasteiger partial charge on any atom is -0.324 e. The second kappa shape index (κ2) is 55.4. The number of benzene rings is 4. The molecule has 0 amide bonds. The van der Waals surface area contributed by atoms with Crippen LogP contribution >= 0.6 is 12.6 Å². The van der Waals surface area contributed by atoms with Gasteiger partial charge in [-0.1, -0.05) is 412 Å². The molecule has 7 aromatic rings. The Bertz CT molecular complexity index is 3970. The van der Waals surface area contributed by atoms with Crippen molar-refractivity contribution in [2.24, 2.45) is 0 Å². The van der Waals surface area contributed by atoms with Gasteiger partial charge in [-0.25, -0.2) is 29.9 Å². The van der Waals surface area contributed by atoms with E-state index in [-0.39, 0.29) is 0 Å². The quantitative estimate of drug-likeness (QED) is 0.0259. The van der Waals surface area contributed by atoms with Crippen LogP contribution < -0.4 is 0 Å². The van der Waals surface area contributed by atoms with Crippen molar-refractivity contribution in [1.82, 2.24) is 39.9 Å². The summed E-state index contributed by atoms with van der Waals surface area (Å²) in [5.41, 5.74) is 19.1. The standard InChI is InChI=1S/C105H164N8S/c1-8-15-22-29-36-43-50-57-65-82-73-74-83(66-58-51-44-37-30-23-16-9-2)91-90(82)98-106-99(91)108-101-94-86(69-61-54-47-40-33-26-19-12-5)77-78-87(70-62-55-48-41-34-27-20-13-6)95(94)103(110-101)112-105-97-89(72-64-81-114)80-79-88(71-63-56-49-42-35-28-21-14-7)96(97)104(113-105)111-102-93-85(68-60-53-46-39-32-25-18-11-4)76-75-84(92(93)100(107-98)109-102)67-59-52-45-38-31-24-17-10-3/h73-80,114H,8-72,81H2,1-7H3,(H2,106,107,108,109,110,111,112,113). The summed E-state index contributed by atoms with van der Waals surface area (Å²) in [6, 6.07) is 20.0. The van der Waals surface area contributed by atoms with Crippen molar-refractivity contribution in [1.29, 1.82) is 0 Å². The van der Waals surface area contributed by atoms with Crippen molar-refractivity contribution in [3.8, 4) is 45.6 Å². The number of unbranched alkanes of at least 4 members (excludes halogenated alkanes) is 49. The van der Waals surface area contributed by atoms with Gasteiger partial charge < -0.3 is 9.97 Å². The Morgan fingerprint density at radius 2 is 0.333 bits per heavy atom. The van der Waals surface area contributed by atoms with Gasteiger partial charge in [0.05, 0.1) is 0 Å². The Kier molecular flexibility index (Phi) is 44.9. The van der Waals surface area contributed by atoms with Gasteiger partial charge in [-0.2, -0.15) is 12.6 Å². The second-order valence-corrected chi connectivity index (χ2v) is 36.0. The molecule has 9 rings (SSSR count). The number of thiol groups is 1. The predicted molar refractivity (Wildman–Crippen MR) is 502 cm³/mol. The van der Waals surface area contributed by atoms with Crippen LogP contribution in [0.2, 0.25) is 0 Å². The highest BCUT2D eigenvalue weighted by Crippen LogP contribution is 2.45. The molecule has 114 heavy (non-hydrogen) atoms. The number of nitrogens with one attached hydrogen (secondary N) is 2. The van der Waals surface area contributed by atoms with Crippen LogP contribution in [0.15, 0.2) is 48.5 Å². The van der Waals surface area contributed by atoms with Crippen LogP contribution in [0.1, 0.15) is 459 Å². The van der Waals surface area contributed by atoms with E-state index >= 15 is 0 Å². The fourth-order valence-electron chi connectivity index (χ4n) is 18.9. The number of aromatic nitrogens is 8. The van der Waals surface area contributed by atoms with Gasteiger partial charge in [0, 0.05) is 43.8 Å². The minimum atomic E-state index is 0.775. The highest BCUT2D eigenvalue weighted by Gasteiger charge is 2.30. The molecule has 5 heterocycles. The summed E-state index contributed by atoms with van der Waals surface area (Å²) in [6.45, 7) is 16.3. The molecule has 0 atom stereocenters. The lowest BCUT2D eigenvalue weighted by Gasteiger charge is -2.13.